The van der Waals surface area contributed by atoms with Gasteiger partial charge in [-0.2, -0.15) is 0 Å². The third-order valence-corrected chi connectivity index (χ3v) is 3.91. The van der Waals surface area contributed by atoms with Gasteiger partial charge in [0.1, 0.15) is 17.3 Å². The molecule has 2 N–H and O–H groups in total. The molecule has 0 spiro atoms. The molecular weight excluding hydrogens is 260 g/mol. The Balaban J connectivity index is 2.09. The fourth-order valence-corrected chi connectivity index (χ4v) is 2.81. The van der Waals surface area contributed by atoms with Crippen LogP contribution in [0.1, 0.15) is 43.5 Å². The normalized spacial score (nSPS) is 18.3. The minimum Gasteiger partial charge on any atom is -0.383 e. The highest BCUT2D eigenvalue weighted by atomic mass is 19.3. The zero-order chi connectivity index (χ0) is 14.3. The second kappa shape index (κ2) is 4.89. The average Bonchev–Trinajstić information content (AvgIpc) is 2.78. The van der Waals surface area contributed by atoms with Gasteiger partial charge < -0.3 is 10.3 Å². The summed E-state index contributed by atoms with van der Waals surface area (Å²) in [6.45, 7) is 2.98. The molecule has 0 aliphatic carbocycles. The van der Waals surface area contributed by atoms with Crippen molar-refractivity contribution in [1.82, 2.24) is 9.55 Å². The molecule has 0 radical (unpaired) electrons. The summed E-state index contributed by atoms with van der Waals surface area (Å²) < 4.78 is 27.6. The highest BCUT2D eigenvalue weighted by Gasteiger charge is 2.23. The number of hydrogen-bond acceptors (Lipinski definition) is 2. The van der Waals surface area contributed by atoms with Crippen molar-refractivity contribution in [3.05, 3.63) is 35.7 Å². The second-order valence-electron chi connectivity index (χ2n) is 5.32. The average molecular weight is 277 g/mol. The maximum absolute atomic E-state index is 12.8. The Hall–Kier alpha value is -1.91. The largest absolute Gasteiger partial charge is 0.383 e. The van der Waals surface area contributed by atoms with Gasteiger partial charge in [-0.1, -0.05) is 25.1 Å². The van der Waals surface area contributed by atoms with Crippen molar-refractivity contribution in [1.29, 1.82) is 0 Å². The molecule has 2 heterocycles. The molecule has 0 bridgehead atoms. The van der Waals surface area contributed by atoms with Crippen LogP contribution in [-0.2, 0) is 6.54 Å². The van der Waals surface area contributed by atoms with E-state index >= 15 is 0 Å². The Morgan fingerprint density at radius 3 is 2.90 bits per heavy atom. The maximum atomic E-state index is 12.8. The van der Waals surface area contributed by atoms with E-state index in [1.165, 1.54) is 12.1 Å². The number of hydrogen-bond donors (Lipinski definition) is 1. The van der Waals surface area contributed by atoms with Crippen molar-refractivity contribution < 1.29 is 8.78 Å². The van der Waals surface area contributed by atoms with Gasteiger partial charge in [0.05, 0.1) is 0 Å². The number of anilines is 1. The van der Waals surface area contributed by atoms with Gasteiger partial charge in [0, 0.05) is 23.6 Å². The monoisotopic (exact) mass is 277 g/mol. The summed E-state index contributed by atoms with van der Waals surface area (Å²) in [6.07, 6.45) is -0.314. The third kappa shape index (κ3) is 2.07. The van der Waals surface area contributed by atoms with Crippen molar-refractivity contribution in [2.24, 2.45) is 0 Å². The summed E-state index contributed by atoms with van der Waals surface area (Å²) in [5, 5.41) is 0. The Bertz CT molecular complexity index is 634. The smallest absolute Gasteiger partial charge is 0.263 e. The number of fused-ring (bicyclic) bond motifs is 1. The minimum atomic E-state index is -2.48. The molecule has 1 aliphatic rings. The third-order valence-electron chi connectivity index (χ3n) is 3.91. The number of nitrogens with zero attached hydrogens (tertiary/aromatic N) is 2. The number of rotatable bonds is 2. The van der Waals surface area contributed by atoms with Crippen LogP contribution in [-0.4, -0.2) is 9.55 Å². The number of aromatic nitrogens is 2. The predicted molar refractivity (Wildman–Crippen MR) is 74.7 cm³/mol. The molecule has 0 saturated carbocycles. The Morgan fingerprint density at radius 2 is 2.20 bits per heavy atom. The van der Waals surface area contributed by atoms with Crippen LogP contribution in [0.25, 0.3) is 11.3 Å². The molecule has 0 fully saturated rings. The quantitative estimate of drug-likeness (QED) is 0.902. The number of alkyl halides is 2. The lowest BCUT2D eigenvalue weighted by molar-refractivity contribution is 0.151. The van der Waals surface area contributed by atoms with Gasteiger partial charge in [-0.05, 0) is 18.9 Å². The molecular formula is C15H17F2N3. The topological polar surface area (TPSA) is 43.8 Å². The molecule has 1 unspecified atom stereocenters. The Kier molecular flexibility index (Phi) is 3.20. The Morgan fingerprint density at radius 1 is 1.40 bits per heavy atom. The number of imidazole rings is 1. The molecule has 20 heavy (non-hydrogen) atoms. The van der Waals surface area contributed by atoms with Crippen molar-refractivity contribution >= 4 is 5.82 Å². The zero-order valence-corrected chi connectivity index (χ0v) is 11.3. The van der Waals surface area contributed by atoms with Gasteiger partial charge in [0.2, 0.25) is 0 Å². The number of nitrogen functional groups attached to an aromatic ring is 1. The molecule has 3 nitrogen and oxygen atoms in total. The van der Waals surface area contributed by atoms with Crippen LogP contribution in [0, 0.1) is 0 Å². The second-order valence-corrected chi connectivity index (χ2v) is 5.32. The lowest BCUT2D eigenvalue weighted by Gasteiger charge is -2.20. The van der Waals surface area contributed by atoms with Gasteiger partial charge in [0.15, 0.2) is 0 Å². The van der Waals surface area contributed by atoms with Crippen LogP contribution >= 0.6 is 0 Å². The van der Waals surface area contributed by atoms with Gasteiger partial charge in [0.25, 0.3) is 6.43 Å². The van der Waals surface area contributed by atoms with Crippen LogP contribution in [0.2, 0.25) is 0 Å². The summed E-state index contributed by atoms with van der Waals surface area (Å²) >= 11 is 0. The fourth-order valence-electron chi connectivity index (χ4n) is 2.81. The van der Waals surface area contributed by atoms with E-state index < -0.39 is 6.43 Å². The molecule has 0 saturated heterocycles. The van der Waals surface area contributed by atoms with Gasteiger partial charge >= 0.3 is 0 Å². The van der Waals surface area contributed by atoms with Crippen LogP contribution in [0.15, 0.2) is 24.3 Å². The Labute approximate surface area is 116 Å². The van der Waals surface area contributed by atoms with E-state index in [1.54, 1.807) is 12.1 Å². The predicted octanol–water partition coefficient (Wildman–Crippen LogP) is 3.97. The van der Waals surface area contributed by atoms with Crippen LogP contribution in [0.3, 0.4) is 0 Å². The van der Waals surface area contributed by atoms with E-state index in [9.17, 15) is 8.78 Å². The molecule has 106 valence electrons. The zero-order valence-electron chi connectivity index (χ0n) is 11.3. The van der Waals surface area contributed by atoms with E-state index in [0.29, 0.717) is 23.0 Å². The lowest BCUT2D eigenvalue weighted by Crippen LogP contribution is -2.15. The van der Waals surface area contributed by atoms with Crippen molar-refractivity contribution in [2.75, 3.05) is 5.73 Å². The molecule has 0 amide bonds. The SMILES string of the molecule is CC1CCCn2c1nc(-c1cccc(C(F)F)c1)c2N. The molecule has 5 heteroatoms. The highest BCUT2D eigenvalue weighted by Crippen LogP contribution is 2.35. The number of benzene rings is 1. The first-order chi connectivity index (χ1) is 9.58. The standard InChI is InChI=1S/C15H17F2N3/c1-9-4-3-7-20-14(18)12(19-15(9)20)10-5-2-6-11(8-10)13(16)17/h2,5-6,8-9,13H,3-4,7,18H2,1H3. The lowest BCUT2D eigenvalue weighted by atomic mass is 10.0. The van der Waals surface area contributed by atoms with E-state index in [1.807, 2.05) is 4.57 Å². The molecule has 2 aromatic rings. The van der Waals surface area contributed by atoms with Crippen LogP contribution in [0.4, 0.5) is 14.6 Å². The minimum absolute atomic E-state index is 0.000852. The van der Waals surface area contributed by atoms with E-state index in [-0.39, 0.29) is 5.56 Å². The summed E-state index contributed by atoms with van der Waals surface area (Å²) in [6, 6.07) is 6.29. The number of nitrogens with two attached hydrogens (primary N) is 1. The van der Waals surface area contributed by atoms with Crippen LogP contribution in [0.5, 0.6) is 0 Å². The van der Waals surface area contributed by atoms with E-state index in [0.717, 1.165) is 25.2 Å². The summed E-state index contributed by atoms with van der Waals surface area (Å²) in [7, 11) is 0. The van der Waals surface area contributed by atoms with Crippen molar-refractivity contribution in [3.63, 3.8) is 0 Å². The first-order valence-corrected chi connectivity index (χ1v) is 6.82. The summed E-state index contributed by atoms with van der Waals surface area (Å²) in [4.78, 5) is 4.60. The first kappa shape index (κ1) is 13.1. The van der Waals surface area contributed by atoms with Crippen molar-refractivity contribution in [2.45, 2.75) is 38.7 Å². The number of halogens is 2. The fraction of sp³-hybridized carbons (Fsp3) is 0.400. The van der Waals surface area contributed by atoms with E-state index in [2.05, 4.69) is 11.9 Å². The molecule has 1 aliphatic heterocycles. The molecule has 1 atom stereocenters. The van der Waals surface area contributed by atoms with Crippen LogP contribution < -0.4 is 5.73 Å². The van der Waals surface area contributed by atoms with E-state index in [4.69, 9.17) is 5.73 Å². The summed E-state index contributed by atoms with van der Waals surface area (Å²) in [5.74, 6) is 1.90. The van der Waals surface area contributed by atoms with Gasteiger partial charge in [-0.15, -0.1) is 0 Å². The van der Waals surface area contributed by atoms with Gasteiger partial charge in [-0.25, -0.2) is 13.8 Å². The first-order valence-electron chi connectivity index (χ1n) is 6.82. The molecule has 1 aromatic heterocycles. The highest BCUT2D eigenvalue weighted by molar-refractivity contribution is 5.71. The summed E-state index contributed by atoms with van der Waals surface area (Å²) in [5.41, 5.74) is 7.44. The molecule has 1 aromatic carbocycles. The van der Waals surface area contributed by atoms with Crippen molar-refractivity contribution in [3.8, 4) is 11.3 Å². The van der Waals surface area contributed by atoms with Gasteiger partial charge in [-0.3, -0.25) is 0 Å². The maximum Gasteiger partial charge on any atom is 0.263 e. The molecule has 3 rings (SSSR count).